The molecule has 0 aliphatic heterocycles. The third kappa shape index (κ3) is 4.57. The van der Waals surface area contributed by atoms with Gasteiger partial charge in [0.15, 0.2) is 0 Å². The van der Waals surface area contributed by atoms with Crippen molar-refractivity contribution in [2.24, 2.45) is 0 Å². The smallest absolute Gasteiger partial charge is 0.212 e. The lowest BCUT2D eigenvalue weighted by atomic mass is 10.2. The molecule has 0 unspecified atom stereocenters. The first-order chi connectivity index (χ1) is 10.00. The molecule has 0 spiro atoms. The van der Waals surface area contributed by atoms with E-state index in [0.717, 1.165) is 5.56 Å². The fraction of sp³-hybridized carbons (Fsp3) is 0.133. The van der Waals surface area contributed by atoms with Crippen molar-refractivity contribution in [3.63, 3.8) is 0 Å². The Kier molecular flexibility index (Phi) is 4.97. The second-order valence-electron chi connectivity index (χ2n) is 4.48. The van der Waals surface area contributed by atoms with Gasteiger partial charge in [0.2, 0.25) is 10.0 Å². The number of hydrogen-bond donors (Lipinski definition) is 1. The van der Waals surface area contributed by atoms with Crippen LogP contribution in [0.1, 0.15) is 16.7 Å². The Morgan fingerprint density at radius 2 is 1.76 bits per heavy atom. The van der Waals surface area contributed by atoms with Gasteiger partial charge in [-0.15, -0.1) is 0 Å². The summed E-state index contributed by atoms with van der Waals surface area (Å²) in [6.07, 6.45) is 0. The summed E-state index contributed by atoms with van der Waals surface area (Å²) < 4.78 is 26.6. The van der Waals surface area contributed by atoms with E-state index < -0.39 is 10.0 Å². The monoisotopic (exact) mass is 320 g/mol. The summed E-state index contributed by atoms with van der Waals surface area (Å²) in [6, 6.07) is 15.5. The lowest BCUT2D eigenvalue weighted by Crippen LogP contribution is -2.24. The first kappa shape index (κ1) is 15.5. The molecule has 21 heavy (non-hydrogen) atoms. The fourth-order valence-corrected chi connectivity index (χ4v) is 3.09. The summed E-state index contributed by atoms with van der Waals surface area (Å²) in [5, 5.41) is 9.23. The molecule has 2 aromatic carbocycles. The Bertz CT molecular complexity index is 765. The maximum Gasteiger partial charge on any atom is 0.216 e. The Labute approximate surface area is 129 Å². The summed E-state index contributed by atoms with van der Waals surface area (Å²) in [6.45, 7) is 0.151. The number of rotatable bonds is 5. The van der Waals surface area contributed by atoms with Gasteiger partial charge in [-0.25, -0.2) is 13.1 Å². The maximum absolute atomic E-state index is 12.0. The van der Waals surface area contributed by atoms with Crippen LogP contribution in [0.3, 0.4) is 0 Å². The van der Waals surface area contributed by atoms with Crippen LogP contribution in [-0.2, 0) is 22.3 Å². The minimum atomic E-state index is -3.46. The minimum absolute atomic E-state index is 0.136. The standard InChI is InChI=1S/C15H13ClN2O2S/c16-15-4-2-1-3-14(15)10-18-21(19,20)11-13-7-5-12(9-17)6-8-13/h1-8,18H,10-11H2. The molecule has 6 heteroatoms. The first-order valence-corrected chi connectivity index (χ1v) is 8.23. The van der Waals surface area contributed by atoms with Crippen LogP contribution >= 0.6 is 11.6 Å². The van der Waals surface area contributed by atoms with Crippen molar-refractivity contribution in [1.82, 2.24) is 4.72 Å². The van der Waals surface area contributed by atoms with E-state index in [1.165, 1.54) is 0 Å². The fourth-order valence-electron chi connectivity index (χ4n) is 1.78. The molecular formula is C15H13ClN2O2S. The van der Waals surface area contributed by atoms with Crippen LogP contribution in [0.4, 0.5) is 0 Å². The zero-order valence-corrected chi connectivity index (χ0v) is 12.7. The van der Waals surface area contributed by atoms with Crippen LogP contribution in [0.15, 0.2) is 48.5 Å². The SMILES string of the molecule is N#Cc1ccc(CS(=O)(=O)NCc2ccccc2Cl)cc1. The summed E-state index contributed by atoms with van der Waals surface area (Å²) >= 11 is 5.98. The molecule has 1 N–H and O–H groups in total. The molecule has 0 fully saturated rings. The second kappa shape index (κ2) is 6.72. The number of benzene rings is 2. The highest BCUT2D eigenvalue weighted by Gasteiger charge is 2.12. The molecule has 0 aliphatic rings. The molecule has 4 nitrogen and oxygen atoms in total. The van der Waals surface area contributed by atoms with E-state index in [2.05, 4.69) is 4.72 Å². The second-order valence-corrected chi connectivity index (χ2v) is 6.69. The minimum Gasteiger partial charge on any atom is -0.212 e. The maximum atomic E-state index is 12.0. The lowest BCUT2D eigenvalue weighted by Gasteiger charge is -2.08. The van der Waals surface area contributed by atoms with Gasteiger partial charge in [0.25, 0.3) is 0 Å². The van der Waals surface area contributed by atoms with Crippen molar-refractivity contribution in [3.05, 3.63) is 70.2 Å². The summed E-state index contributed by atoms with van der Waals surface area (Å²) in [5.74, 6) is -0.136. The number of sulfonamides is 1. The Hall–Kier alpha value is -1.87. The van der Waals surface area contributed by atoms with Crippen molar-refractivity contribution in [1.29, 1.82) is 5.26 Å². The molecule has 0 amide bonds. The molecule has 0 saturated heterocycles. The topological polar surface area (TPSA) is 70.0 Å². The summed E-state index contributed by atoms with van der Waals surface area (Å²) in [4.78, 5) is 0. The number of nitrogens with zero attached hydrogens (tertiary/aromatic N) is 1. The van der Waals surface area contributed by atoms with Gasteiger partial charge >= 0.3 is 0 Å². The third-order valence-corrected chi connectivity index (χ3v) is 4.55. The van der Waals surface area contributed by atoms with Crippen LogP contribution in [0.5, 0.6) is 0 Å². The van der Waals surface area contributed by atoms with Crippen LogP contribution in [0, 0.1) is 11.3 Å². The van der Waals surface area contributed by atoms with Gasteiger partial charge in [0, 0.05) is 11.6 Å². The summed E-state index contributed by atoms with van der Waals surface area (Å²) in [7, 11) is -3.46. The van der Waals surface area contributed by atoms with E-state index >= 15 is 0 Å². The van der Waals surface area contributed by atoms with Gasteiger partial charge in [-0.2, -0.15) is 5.26 Å². The van der Waals surface area contributed by atoms with Crippen molar-refractivity contribution in [3.8, 4) is 6.07 Å². The normalized spacial score (nSPS) is 11.0. The predicted octanol–water partition coefficient (Wildman–Crippen LogP) is 2.83. The molecule has 2 rings (SSSR count). The lowest BCUT2D eigenvalue weighted by molar-refractivity contribution is 0.580. The quantitative estimate of drug-likeness (QED) is 0.921. The molecular weight excluding hydrogens is 308 g/mol. The predicted molar refractivity (Wildman–Crippen MR) is 82.1 cm³/mol. The zero-order chi connectivity index (χ0) is 15.3. The number of nitriles is 1. The van der Waals surface area contributed by atoms with Crippen molar-refractivity contribution < 1.29 is 8.42 Å². The van der Waals surface area contributed by atoms with Gasteiger partial charge < -0.3 is 0 Å². The molecule has 0 saturated carbocycles. The van der Waals surface area contributed by atoms with Gasteiger partial charge in [-0.1, -0.05) is 41.9 Å². The van der Waals surface area contributed by atoms with E-state index in [0.29, 0.717) is 16.1 Å². The largest absolute Gasteiger partial charge is 0.216 e. The average Bonchev–Trinajstić information content (AvgIpc) is 2.47. The molecule has 108 valence electrons. The van der Waals surface area contributed by atoms with Crippen LogP contribution < -0.4 is 4.72 Å². The molecule has 0 aromatic heterocycles. The molecule has 0 radical (unpaired) electrons. The van der Waals surface area contributed by atoms with Gasteiger partial charge in [-0.3, -0.25) is 0 Å². The van der Waals surface area contributed by atoms with Crippen molar-refractivity contribution in [2.45, 2.75) is 12.3 Å². The van der Waals surface area contributed by atoms with Crippen LogP contribution in [0.25, 0.3) is 0 Å². The summed E-state index contributed by atoms with van der Waals surface area (Å²) in [5.41, 5.74) is 1.85. The van der Waals surface area contributed by atoms with Gasteiger partial charge in [0.1, 0.15) is 0 Å². The van der Waals surface area contributed by atoms with E-state index in [4.69, 9.17) is 16.9 Å². The highest BCUT2D eigenvalue weighted by Crippen LogP contribution is 2.15. The Morgan fingerprint density at radius 3 is 2.38 bits per heavy atom. The first-order valence-electron chi connectivity index (χ1n) is 6.20. The highest BCUT2D eigenvalue weighted by molar-refractivity contribution is 7.88. The van der Waals surface area contributed by atoms with E-state index in [9.17, 15) is 8.42 Å². The molecule has 2 aromatic rings. The number of nitrogens with one attached hydrogen (secondary N) is 1. The number of halogens is 1. The third-order valence-electron chi connectivity index (χ3n) is 2.88. The number of hydrogen-bond acceptors (Lipinski definition) is 3. The van der Waals surface area contributed by atoms with Gasteiger partial charge in [0.05, 0.1) is 17.4 Å². The zero-order valence-electron chi connectivity index (χ0n) is 11.1. The average molecular weight is 321 g/mol. The molecule has 0 heterocycles. The molecule has 0 atom stereocenters. The van der Waals surface area contributed by atoms with Crippen molar-refractivity contribution >= 4 is 21.6 Å². The molecule has 0 bridgehead atoms. The van der Waals surface area contributed by atoms with Crippen molar-refractivity contribution in [2.75, 3.05) is 0 Å². The Morgan fingerprint density at radius 1 is 1.10 bits per heavy atom. The molecule has 0 aliphatic carbocycles. The highest BCUT2D eigenvalue weighted by atomic mass is 35.5. The van der Waals surface area contributed by atoms with Crippen LogP contribution in [-0.4, -0.2) is 8.42 Å². The van der Waals surface area contributed by atoms with E-state index in [-0.39, 0.29) is 12.3 Å². The van der Waals surface area contributed by atoms with E-state index in [1.54, 1.807) is 48.5 Å². The van der Waals surface area contributed by atoms with Gasteiger partial charge in [-0.05, 0) is 29.3 Å². The van der Waals surface area contributed by atoms with E-state index in [1.807, 2.05) is 6.07 Å². The van der Waals surface area contributed by atoms with Crippen LogP contribution in [0.2, 0.25) is 5.02 Å². The Balaban J connectivity index is 2.02.